The Kier molecular flexibility index (Phi) is 4.23. The van der Waals surface area contributed by atoms with E-state index in [0.29, 0.717) is 17.2 Å². The van der Waals surface area contributed by atoms with Crippen LogP contribution in [-0.2, 0) is 6.18 Å². The van der Waals surface area contributed by atoms with E-state index in [2.05, 4.69) is 20.2 Å². The molecule has 5 rings (SSSR count). The minimum atomic E-state index is -4.42. The fourth-order valence-electron chi connectivity index (χ4n) is 4.64. The lowest BCUT2D eigenvalue weighted by Crippen LogP contribution is -2.51. The number of halogens is 3. The minimum Gasteiger partial charge on any atom is -0.351 e. The van der Waals surface area contributed by atoms with E-state index in [1.807, 2.05) is 6.07 Å². The van der Waals surface area contributed by atoms with Gasteiger partial charge in [0.05, 0.1) is 11.8 Å². The van der Waals surface area contributed by atoms with Gasteiger partial charge in [0.1, 0.15) is 17.2 Å². The van der Waals surface area contributed by atoms with Crippen molar-refractivity contribution in [2.45, 2.75) is 37.4 Å². The Morgan fingerprint density at radius 1 is 1.03 bits per heavy atom. The lowest BCUT2D eigenvalue weighted by Gasteiger charge is -2.42. The lowest BCUT2D eigenvalue weighted by molar-refractivity contribution is -0.137. The SMILES string of the molecule is FC(F)(F)c1ccc2ncc(-c3nccc(N4CCCC45CCNCC5)n3)n2c1. The molecule has 2 aliphatic heterocycles. The molecule has 2 aliphatic rings. The van der Waals surface area contributed by atoms with Crippen molar-refractivity contribution in [3.05, 3.63) is 42.4 Å². The summed E-state index contributed by atoms with van der Waals surface area (Å²) in [6.07, 6.45) is 4.22. The zero-order valence-electron chi connectivity index (χ0n) is 15.8. The first kappa shape index (κ1) is 18.4. The molecule has 152 valence electrons. The van der Waals surface area contributed by atoms with Crippen LogP contribution in [0.1, 0.15) is 31.2 Å². The molecule has 0 radical (unpaired) electrons. The molecule has 0 saturated carbocycles. The molecule has 1 spiro atoms. The first-order valence-corrected chi connectivity index (χ1v) is 9.82. The number of aromatic nitrogens is 4. The molecule has 1 N–H and O–H groups in total. The number of fused-ring (bicyclic) bond motifs is 1. The Morgan fingerprint density at radius 2 is 1.86 bits per heavy atom. The Bertz CT molecular complexity index is 1040. The maximum Gasteiger partial charge on any atom is 0.417 e. The molecule has 2 saturated heterocycles. The molecule has 0 aromatic carbocycles. The van der Waals surface area contributed by atoms with Crippen molar-refractivity contribution in [3.63, 3.8) is 0 Å². The molecule has 0 amide bonds. The summed E-state index contributed by atoms with van der Waals surface area (Å²) in [6.45, 7) is 2.91. The number of pyridine rings is 1. The summed E-state index contributed by atoms with van der Waals surface area (Å²) < 4.78 is 40.9. The van der Waals surface area contributed by atoms with Crippen molar-refractivity contribution in [2.75, 3.05) is 24.5 Å². The van der Waals surface area contributed by atoms with Gasteiger partial charge < -0.3 is 10.2 Å². The zero-order valence-corrected chi connectivity index (χ0v) is 15.8. The van der Waals surface area contributed by atoms with Crippen LogP contribution in [0, 0.1) is 0 Å². The number of nitrogens with zero attached hydrogens (tertiary/aromatic N) is 5. The third-order valence-electron chi connectivity index (χ3n) is 6.11. The largest absolute Gasteiger partial charge is 0.417 e. The number of alkyl halides is 3. The summed E-state index contributed by atoms with van der Waals surface area (Å²) in [4.78, 5) is 15.7. The fraction of sp³-hybridized carbons (Fsp3) is 0.450. The Morgan fingerprint density at radius 3 is 2.66 bits per heavy atom. The number of hydrogen-bond donors (Lipinski definition) is 1. The van der Waals surface area contributed by atoms with Gasteiger partial charge in [-0.15, -0.1) is 0 Å². The summed E-state index contributed by atoms with van der Waals surface area (Å²) in [5.74, 6) is 1.21. The van der Waals surface area contributed by atoms with Crippen LogP contribution in [0.25, 0.3) is 17.2 Å². The Hall–Kier alpha value is -2.68. The fourth-order valence-corrected chi connectivity index (χ4v) is 4.64. The van der Waals surface area contributed by atoms with Crippen LogP contribution in [0.3, 0.4) is 0 Å². The predicted molar refractivity (Wildman–Crippen MR) is 103 cm³/mol. The van der Waals surface area contributed by atoms with Crippen molar-refractivity contribution in [2.24, 2.45) is 0 Å². The van der Waals surface area contributed by atoms with Gasteiger partial charge in [-0.2, -0.15) is 13.2 Å². The zero-order chi connectivity index (χ0) is 20.1. The van der Waals surface area contributed by atoms with Crippen LogP contribution in [0.2, 0.25) is 0 Å². The molecule has 0 bridgehead atoms. The molecule has 6 nitrogen and oxygen atoms in total. The highest BCUT2D eigenvalue weighted by Gasteiger charge is 2.42. The molecule has 0 unspecified atom stereocenters. The van der Waals surface area contributed by atoms with Crippen LogP contribution >= 0.6 is 0 Å². The molecule has 0 aliphatic carbocycles. The van der Waals surface area contributed by atoms with E-state index in [9.17, 15) is 13.2 Å². The lowest BCUT2D eigenvalue weighted by atomic mass is 9.86. The average molecular weight is 402 g/mol. The topological polar surface area (TPSA) is 58.4 Å². The van der Waals surface area contributed by atoms with Crippen LogP contribution in [-0.4, -0.2) is 44.5 Å². The van der Waals surface area contributed by atoms with Gasteiger partial charge in [0, 0.05) is 24.5 Å². The number of piperidine rings is 1. The van der Waals surface area contributed by atoms with Crippen LogP contribution in [0.4, 0.5) is 19.0 Å². The highest BCUT2D eigenvalue weighted by molar-refractivity contribution is 5.59. The number of rotatable bonds is 2. The highest BCUT2D eigenvalue weighted by Crippen LogP contribution is 2.39. The van der Waals surface area contributed by atoms with E-state index < -0.39 is 11.7 Å². The van der Waals surface area contributed by atoms with E-state index in [1.54, 1.807) is 6.20 Å². The van der Waals surface area contributed by atoms with Gasteiger partial charge in [-0.1, -0.05) is 0 Å². The number of hydrogen-bond acceptors (Lipinski definition) is 5. The second-order valence-electron chi connectivity index (χ2n) is 7.76. The predicted octanol–water partition coefficient (Wildman–Crippen LogP) is 3.53. The Balaban J connectivity index is 1.55. The second-order valence-corrected chi connectivity index (χ2v) is 7.76. The second kappa shape index (κ2) is 6.69. The van der Waals surface area contributed by atoms with E-state index in [-0.39, 0.29) is 5.54 Å². The van der Waals surface area contributed by atoms with Gasteiger partial charge in [-0.05, 0) is 57.0 Å². The standard InChI is InChI=1S/C20H21F3N6/c21-20(22,23)14-2-3-16-26-12-15(28(16)13-14)18-25-8-4-17(27-18)29-11-1-5-19(29)6-9-24-10-7-19/h2-4,8,12-13,24H,1,5-7,9-11H2. The average Bonchev–Trinajstić information content (AvgIpc) is 3.32. The van der Waals surface area contributed by atoms with Gasteiger partial charge in [0.2, 0.25) is 0 Å². The Labute approximate surface area is 165 Å². The van der Waals surface area contributed by atoms with Gasteiger partial charge in [-0.3, -0.25) is 4.40 Å². The first-order valence-electron chi connectivity index (χ1n) is 9.82. The third-order valence-corrected chi connectivity index (χ3v) is 6.11. The number of anilines is 1. The number of nitrogens with one attached hydrogen (secondary N) is 1. The molecule has 3 aromatic heterocycles. The third kappa shape index (κ3) is 3.13. The van der Waals surface area contributed by atoms with E-state index in [4.69, 9.17) is 4.98 Å². The molecular weight excluding hydrogens is 381 g/mol. The van der Waals surface area contributed by atoms with Gasteiger partial charge in [-0.25, -0.2) is 15.0 Å². The summed E-state index contributed by atoms with van der Waals surface area (Å²) in [6, 6.07) is 4.29. The monoisotopic (exact) mass is 402 g/mol. The van der Waals surface area contributed by atoms with Gasteiger partial charge in [0.25, 0.3) is 0 Å². The summed E-state index contributed by atoms with van der Waals surface area (Å²) in [5, 5.41) is 3.42. The van der Waals surface area contributed by atoms with Crippen molar-refractivity contribution in [1.29, 1.82) is 0 Å². The summed E-state index contributed by atoms with van der Waals surface area (Å²) in [7, 11) is 0. The normalized spacial score (nSPS) is 19.3. The van der Waals surface area contributed by atoms with Crippen LogP contribution in [0.15, 0.2) is 36.8 Å². The van der Waals surface area contributed by atoms with Crippen LogP contribution in [0.5, 0.6) is 0 Å². The van der Waals surface area contributed by atoms with Crippen molar-refractivity contribution in [1.82, 2.24) is 24.7 Å². The first-order chi connectivity index (χ1) is 14.0. The molecule has 9 heteroatoms. The maximum absolute atomic E-state index is 13.2. The van der Waals surface area contributed by atoms with Crippen molar-refractivity contribution < 1.29 is 13.2 Å². The number of imidazole rings is 1. The van der Waals surface area contributed by atoms with E-state index in [1.165, 1.54) is 16.7 Å². The molecule has 0 atom stereocenters. The smallest absolute Gasteiger partial charge is 0.351 e. The summed E-state index contributed by atoms with van der Waals surface area (Å²) >= 11 is 0. The molecule has 29 heavy (non-hydrogen) atoms. The molecule has 3 aromatic rings. The van der Waals surface area contributed by atoms with Gasteiger partial charge in [0.15, 0.2) is 5.82 Å². The van der Waals surface area contributed by atoms with E-state index >= 15 is 0 Å². The highest BCUT2D eigenvalue weighted by atomic mass is 19.4. The molecular formula is C20H21F3N6. The van der Waals surface area contributed by atoms with E-state index in [0.717, 1.165) is 63.4 Å². The van der Waals surface area contributed by atoms with Crippen LogP contribution < -0.4 is 10.2 Å². The van der Waals surface area contributed by atoms with Gasteiger partial charge >= 0.3 is 6.18 Å². The minimum absolute atomic E-state index is 0.111. The van der Waals surface area contributed by atoms with Crippen molar-refractivity contribution in [3.8, 4) is 11.5 Å². The molecule has 5 heterocycles. The summed E-state index contributed by atoms with van der Waals surface area (Å²) in [5.41, 5.74) is 0.262. The quantitative estimate of drug-likeness (QED) is 0.711. The molecule has 2 fully saturated rings. The van der Waals surface area contributed by atoms with Crippen molar-refractivity contribution >= 4 is 11.5 Å². The maximum atomic E-state index is 13.2.